The summed E-state index contributed by atoms with van der Waals surface area (Å²) in [5.41, 5.74) is -0.525. The van der Waals surface area contributed by atoms with Gasteiger partial charge in [0.05, 0.1) is 29.0 Å². The lowest BCUT2D eigenvalue weighted by Gasteiger charge is -2.06. The fraction of sp³-hybridized carbons (Fsp3) is 0.0556. The van der Waals surface area contributed by atoms with Crippen LogP contribution in [0.5, 0.6) is 0 Å². The third-order valence-corrected chi connectivity index (χ3v) is 5.52. The second-order valence-electron chi connectivity index (χ2n) is 5.64. The van der Waals surface area contributed by atoms with E-state index in [4.69, 9.17) is 4.52 Å². The second-order valence-corrected chi connectivity index (χ2v) is 7.59. The van der Waals surface area contributed by atoms with Gasteiger partial charge in [0.25, 0.3) is 5.91 Å². The molecule has 0 atom stereocenters. The van der Waals surface area contributed by atoms with Gasteiger partial charge in [-0.25, -0.2) is 18.4 Å². The van der Waals surface area contributed by atoms with E-state index in [1.165, 1.54) is 19.1 Å². The highest BCUT2D eigenvalue weighted by atomic mass is 32.2. The molecular weight excluding hydrogens is 398 g/mol. The molecule has 0 aliphatic rings. The highest BCUT2D eigenvalue weighted by molar-refractivity contribution is 7.91. The normalized spacial score (nSPS) is 12.0. The topological polar surface area (TPSA) is 159 Å². The third-order valence-electron chi connectivity index (χ3n) is 3.80. The number of nitriles is 1. The number of amides is 1. The molecule has 2 heterocycles. The number of nitrogens with one attached hydrogen (secondary N) is 1. The molecule has 0 bridgehead atoms. The van der Waals surface area contributed by atoms with E-state index in [1.54, 1.807) is 24.3 Å². The molecule has 0 spiro atoms. The van der Waals surface area contributed by atoms with Crippen molar-refractivity contribution < 1.29 is 22.8 Å². The maximum absolute atomic E-state index is 12.5. The molecule has 1 amide bonds. The zero-order valence-corrected chi connectivity index (χ0v) is 15.7. The molecule has 1 aromatic carbocycles. The van der Waals surface area contributed by atoms with Crippen LogP contribution in [0.2, 0.25) is 0 Å². The lowest BCUT2D eigenvalue weighted by atomic mass is 10.1. The number of carbonyl (C=O) groups is 1. The minimum Gasteiger partial charge on any atom is -0.506 e. The van der Waals surface area contributed by atoms with Crippen LogP contribution in [0.3, 0.4) is 0 Å². The Morgan fingerprint density at radius 3 is 2.34 bits per heavy atom. The molecule has 0 saturated heterocycles. The van der Waals surface area contributed by atoms with Crippen molar-refractivity contribution in [1.29, 1.82) is 5.26 Å². The Labute approximate surface area is 165 Å². The predicted molar refractivity (Wildman–Crippen MR) is 99.0 cm³/mol. The summed E-state index contributed by atoms with van der Waals surface area (Å²) in [6, 6.07) is 9.32. The van der Waals surface area contributed by atoms with Crippen LogP contribution < -0.4 is 5.32 Å². The van der Waals surface area contributed by atoms with E-state index in [0.29, 0.717) is 0 Å². The van der Waals surface area contributed by atoms with E-state index >= 15 is 0 Å². The summed E-state index contributed by atoms with van der Waals surface area (Å²) < 4.78 is 29.8. The van der Waals surface area contributed by atoms with Gasteiger partial charge in [0.1, 0.15) is 16.7 Å². The highest BCUT2D eigenvalue weighted by Crippen LogP contribution is 2.21. The molecule has 10 nitrogen and oxygen atoms in total. The maximum Gasteiger partial charge on any atom is 0.272 e. The highest BCUT2D eigenvalue weighted by Gasteiger charge is 2.22. The van der Waals surface area contributed by atoms with Crippen LogP contribution in [-0.4, -0.2) is 34.6 Å². The van der Waals surface area contributed by atoms with E-state index < -0.39 is 27.1 Å². The Morgan fingerprint density at radius 2 is 1.79 bits per heavy atom. The molecule has 146 valence electrons. The summed E-state index contributed by atoms with van der Waals surface area (Å²) in [7, 11) is -3.81. The SMILES string of the molecule is Cc1oncc1C(O)=C(C#N)C(=O)Nc1ncc(S(=O)(=O)c2ccccc2)cn1. The molecular formula is C18H13N5O5S. The first-order valence-corrected chi connectivity index (χ1v) is 9.51. The van der Waals surface area contributed by atoms with Gasteiger partial charge in [-0.05, 0) is 19.1 Å². The van der Waals surface area contributed by atoms with Gasteiger partial charge < -0.3 is 9.63 Å². The first kappa shape index (κ1) is 19.7. The number of nitrogens with zero attached hydrogens (tertiary/aromatic N) is 4. The molecule has 3 aromatic rings. The second kappa shape index (κ2) is 7.91. The van der Waals surface area contributed by atoms with Crippen molar-refractivity contribution in [1.82, 2.24) is 15.1 Å². The van der Waals surface area contributed by atoms with Crippen LogP contribution in [0.25, 0.3) is 5.76 Å². The minimum absolute atomic E-state index is 0.0732. The first-order valence-electron chi connectivity index (χ1n) is 8.03. The summed E-state index contributed by atoms with van der Waals surface area (Å²) in [5.74, 6) is -1.63. The summed E-state index contributed by atoms with van der Waals surface area (Å²) in [4.78, 5) is 19.8. The van der Waals surface area contributed by atoms with Crippen molar-refractivity contribution in [3.63, 3.8) is 0 Å². The molecule has 11 heteroatoms. The van der Waals surface area contributed by atoms with Crippen LogP contribution in [-0.2, 0) is 14.6 Å². The number of benzene rings is 1. The number of carbonyl (C=O) groups excluding carboxylic acids is 1. The van der Waals surface area contributed by atoms with Gasteiger partial charge in [0.15, 0.2) is 11.3 Å². The number of rotatable bonds is 5. The number of aliphatic hydroxyl groups excluding tert-OH is 1. The average molecular weight is 411 g/mol. The van der Waals surface area contributed by atoms with Crippen molar-refractivity contribution in [2.24, 2.45) is 0 Å². The Hall–Kier alpha value is -4.04. The van der Waals surface area contributed by atoms with E-state index in [0.717, 1.165) is 18.6 Å². The number of aryl methyl sites for hydroxylation is 1. The van der Waals surface area contributed by atoms with Crippen LogP contribution in [0.15, 0.2) is 68.8 Å². The molecule has 0 aliphatic heterocycles. The standard InChI is InChI=1S/C18H13N5O5S/c1-11-15(10-22-28-11)16(24)14(7-19)17(25)23-18-20-8-13(9-21-18)29(26,27)12-5-3-2-4-6-12/h2-6,8-10,24H,1H3,(H,20,21,23,25). The Kier molecular flexibility index (Phi) is 5.38. The van der Waals surface area contributed by atoms with E-state index in [1.807, 2.05) is 0 Å². The Morgan fingerprint density at radius 1 is 1.14 bits per heavy atom. The van der Waals surface area contributed by atoms with Crippen molar-refractivity contribution in [3.8, 4) is 6.07 Å². The number of hydrogen-bond acceptors (Lipinski definition) is 9. The molecule has 0 aliphatic carbocycles. The van der Waals surface area contributed by atoms with Gasteiger partial charge in [-0.1, -0.05) is 23.4 Å². The molecule has 0 unspecified atom stereocenters. The summed E-state index contributed by atoms with van der Waals surface area (Å²) in [6.45, 7) is 1.50. The van der Waals surface area contributed by atoms with E-state index in [2.05, 4.69) is 20.4 Å². The smallest absolute Gasteiger partial charge is 0.272 e. The molecule has 2 aromatic heterocycles. The van der Waals surface area contributed by atoms with Crippen LogP contribution in [0.1, 0.15) is 11.3 Å². The molecule has 0 radical (unpaired) electrons. The fourth-order valence-corrected chi connectivity index (χ4v) is 3.46. The van der Waals surface area contributed by atoms with Gasteiger partial charge in [-0.2, -0.15) is 5.26 Å². The largest absolute Gasteiger partial charge is 0.506 e. The van der Waals surface area contributed by atoms with Crippen LogP contribution >= 0.6 is 0 Å². The lowest BCUT2D eigenvalue weighted by molar-refractivity contribution is -0.112. The summed E-state index contributed by atoms with van der Waals surface area (Å²) >= 11 is 0. The lowest BCUT2D eigenvalue weighted by Crippen LogP contribution is -2.17. The third kappa shape index (κ3) is 3.97. The molecule has 29 heavy (non-hydrogen) atoms. The number of anilines is 1. The zero-order chi connectivity index (χ0) is 21.0. The average Bonchev–Trinajstić information content (AvgIpc) is 3.15. The summed E-state index contributed by atoms with van der Waals surface area (Å²) in [5, 5.41) is 25.1. The van der Waals surface area contributed by atoms with Gasteiger partial charge in [0, 0.05) is 0 Å². The monoisotopic (exact) mass is 411 g/mol. The number of aromatic nitrogens is 3. The maximum atomic E-state index is 12.5. The first-order chi connectivity index (χ1) is 13.8. The van der Waals surface area contributed by atoms with Gasteiger partial charge in [-0.15, -0.1) is 0 Å². The molecule has 3 rings (SSSR count). The van der Waals surface area contributed by atoms with Crippen molar-refractivity contribution in [2.75, 3.05) is 5.32 Å². The van der Waals surface area contributed by atoms with Crippen molar-refractivity contribution in [3.05, 3.63) is 65.8 Å². The van der Waals surface area contributed by atoms with Gasteiger partial charge in [0.2, 0.25) is 15.8 Å². The Bertz CT molecular complexity index is 1230. The summed E-state index contributed by atoms with van der Waals surface area (Å²) in [6.07, 6.45) is 3.23. The van der Waals surface area contributed by atoms with E-state index in [9.17, 15) is 23.6 Å². The minimum atomic E-state index is -3.81. The van der Waals surface area contributed by atoms with Crippen LogP contribution in [0.4, 0.5) is 5.95 Å². The van der Waals surface area contributed by atoms with Crippen molar-refractivity contribution in [2.45, 2.75) is 16.7 Å². The quantitative estimate of drug-likeness (QED) is 0.364. The zero-order valence-electron chi connectivity index (χ0n) is 14.9. The fourth-order valence-electron chi connectivity index (χ4n) is 2.29. The van der Waals surface area contributed by atoms with Gasteiger partial charge in [-0.3, -0.25) is 10.1 Å². The molecule has 0 saturated carbocycles. The number of sulfone groups is 1. The number of aliphatic hydroxyl groups is 1. The predicted octanol–water partition coefficient (Wildman–Crippen LogP) is 2.04. The van der Waals surface area contributed by atoms with Crippen LogP contribution in [0, 0.1) is 18.3 Å². The molecule has 2 N–H and O–H groups in total. The van der Waals surface area contributed by atoms with Crippen molar-refractivity contribution >= 4 is 27.5 Å². The van der Waals surface area contributed by atoms with E-state index in [-0.39, 0.29) is 27.1 Å². The number of hydrogen-bond donors (Lipinski definition) is 2. The molecule has 0 fully saturated rings. The Balaban J connectivity index is 1.84. The van der Waals surface area contributed by atoms with Gasteiger partial charge >= 0.3 is 0 Å².